The normalized spacial score (nSPS) is 19.8. The van der Waals surface area contributed by atoms with Crippen molar-refractivity contribution in [1.29, 1.82) is 0 Å². The highest BCUT2D eigenvalue weighted by Crippen LogP contribution is 2.31. The SMILES string of the molecule is CN1CCC(NCCc2c3n(c4ccccc24)C(=O)CCC3)CC1. The van der Waals surface area contributed by atoms with Crippen molar-refractivity contribution >= 4 is 16.8 Å². The number of likely N-dealkylation sites (tertiary alicyclic amines) is 1. The molecule has 0 saturated carbocycles. The molecule has 1 fully saturated rings. The molecule has 1 saturated heterocycles. The average molecular weight is 325 g/mol. The second-order valence-corrected chi connectivity index (χ2v) is 7.31. The van der Waals surface area contributed by atoms with E-state index in [-0.39, 0.29) is 5.91 Å². The van der Waals surface area contributed by atoms with Gasteiger partial charge in [0.05, 0.1) is 5.52 Å². The van der Waals surface area contributed by atoms with Crippen LogP contribution in [0.15, 0.2) is 24.3 Å². The minimum absolute atomic E-state index is 0.266. The van der Waals surface area contributed by atoms with E-state index >= 15 is 0 Å². The van der Waals surface area contributed by atoms with E-state index in [1.807, 2.05) is 10.6 Å². The number of aromatic nitrogens is 1. The number of benzene rings is 1. The summed E-state index contributed by atoms with van der Waals surface area (Å²) >= 11 is 0. The Morgan fingerprint density at radius 2 is 1.96 bits per heavy atom. The van der Waals surface area contributed by atoms with Crippen molar-refractivity contribution < 1.29 is 4.79 Å². The maximum atomic E-state index is 12.4. The lowest BCUT2D eigenvalue weighted by Gasteiger charge is -2.29. The number of para-hydroxylation sites is 1. The third-order valence-corrected chi connectivity index (χ3v) is 5.67. The van der Waals surface area contributed by atoms with Gasteiger partial charge in [-0.3, -0.25) is 9.36 Å². The van der Waals surface area contributed by atoms with E-state index in [2.05, 4.69) is 35.5 Å². The molecule has 1 N–H and O–H groups in total. The zero-order valence-electron chi connectivity index (χ0n) is 14.6. The van der Waals surface area contributed by atoms with Gasteiger partial charge in [0.1, 0.15) is 0 Å². The highest BCUT2D eigenvalue weighted by atomic mass is 16.2. The number of hydrogen-bond donors (Lipinski definition) is 1. The Morgan fingerprint density at radius 3 is 2.79 bits per heavy atom. The Balaban J connectivity index is 1.53. The van der Waals surface area contributed by atoms with Gasteiger partial charge in [-0.15, -0.1) is 0 Å². The van der Waals surface area contributed by atoms with Gasteiger partial charge in [0, 0.05) is 23.5 Å². The summed E-state index contributed by atoms with van der Waals surface area (Å²) in [5.74, 6) is 0.266. The van der Waals surface area contributed by atoms with Crippen LogP contribution in [-0.4, -0.2) is 48.1 Å². The van der Waals surface area contributed by atoms with Crippen LogP contribution in [0.3, 0.4) is 0 Å². The standard InChI is InChI=1S/C20H27N3O/c1-22-13-10-15(11-14-22)21-12-9-17-16-5-2-3-6-18(16)23-19(17)7-4-8-20(23)24/h2-3,5-6,15,21H,4,7-14H2,1H3. The van der Waals surface area contributed by atoms with E-state index in [9.17, 15) is 4.79 Å². The summed E-state index contributed by atoms with van der Waals surface area (Å²) in [5.41, 5.74) is 3.75. The molecule has 1 aromatic carbocycles. The number of piperidine rings is 1. The predicted octanol–water partition coefficient (Wildman–Crippen LogP) is 2.84. The maximum Gasteiger partial charge on any atom is 0.231 e. The Hall–Kier alpha value is -1.65. The molecule has 0 amide bonds. The van der Waals surface area contributed by atoms with Crippen molar-refractivity contribution in [3.8, 4) is 0 Å². The second-order valence-electron chi connectivity index (χ2n) is 7.31. The van der Waals surface area contributed by atoms with E-state index in [0.717, 1.165) is 31.3 Å². The third-order valence-electron chi connectivity index (χ3n) is 5.67. The highest BCUT2D eigenvalue weighted by molar-refractivity contribution is 5.96. The molecule has 0 radical (unpaired) electrons. The molecular formula is C20H27N3O. The molecule has 4 heteroatoms. The summed E-state index contributed by atoms with van der Waals surface area (Å²) in [5, 5.41) is 5.01. The minimum atomic E-state index is 0.266. The Labute approximate surface area is 143 Å². The van der Waals surface area contributed by atoms with Gasteiger partial charge in [-0.1, -0.05) is 18.2 Å². The monoisotopic (exact) mass is 325 g/mol. The van der Waals surface area contributed by atoms with Crippen LogP contribution in [0.4, 0.5) is 0 Å². The van der Waals surface area contributed by atoms with Gasteiger partial charge in [-0.05, 0) is 70.4 Å². The van der Waals surface area contributed by atoms with Crippen LogP contribution in [0.2, 0.25) is 0 Å². The van der Waals surface area contributed by atoms with Crippen LogP contribution < -0.4 is 5.32 Å². The fraction of sp³-hybridized carbons (Fsp3) is 0.550. The largest absolute Gasteiger partial charge is 0.314 e. The molecule has 0 aliphatic carbocycles. The summed E-state index contributed by atoms with van der Waals surface area (Å²) in [6, 6.07) is 9.05. The van der Waals surface area contributed by atoms with Crippen LogP contribution in [0.5, 0.6) is 0 Å². The number of hydrogen-bond acceptors (Lipinski definition) is 3. The predicted molar refractivity (Wildman–Crippen MR) is 97.7 cm³/mol. The number of carbonyl (C=O) groups excluding carboxylic acids is 1. The van der Waals surface area contributed by atoms with Crippen LogP contribution in [0.1, 0.15) is 41.7 Å². The van der Waals surface area contributed by atoms with Crippen molar-refractivity contribution in [2.75, 3.05) is 26.7 Å². The lowest BCUT2D eigenvalue weighted by atomic mass is 10.0. The molecule has 2 aliphatic heterocycles. The quantitative estimate of drug-likeness (QED) is 0.939. The molecule has 0 bridgehead atoms. The maximum absolute atomic E-state index is 12.4. The third kappa shape index (κ3) is 2.89. The van der Waals surface area contributed by atoms with Crippen molar-refractivity contribution in [2.24, 2.45) is 0 Å². The molecular weight excluding hydrogens is 298 g/mol. The van der Waals surface area contributed by atoms with E-state index < -0.39 is 0 Å². The molecule has 3 heterocycles. The first-order chi connectivity index (χ1) is 11.7. The molecule has 0 spiro atoms. The molecule has 128 valence electrons. The van der Waals surface area contributed by atoms with E-state index in [0.29, 0.717) is 12.5 Å². The Bertz CT molecular complexity index is 741. The zero-order valence-corrected chi connectivity index (χ0v) is 14.6. The van der Waals surface area contributed by atoms with Crippen LogP contribution in [0, 0.1) is 0 Å². The molecule has 24 heavy (non-hydrogen) atoms. The first-order valence-electron chi connectivity index (χ1n) is 9.30. The number of carbonyl (C=O) groups is 1. The summed E-state index contributed by atoms with van der Waals surface area (Å²) < 4.78 is 1.99. The first kappa shape index (κ1) is 15.9. The van der Waals surface area contributed by atoms with Crippen LogP contribution >= 0.6 is 0 Å². The van der Waals surface area contributed by atoms with Gasteiger partial charge in [0.25, 0.3) is 0 Å². The second kappa shape index (κ2) is 6.69. The minimum Gasteiger partial charge on any atom is -0.314 e. The molecule has 4 rings (SSSR count). The first-order valence-corrected chi connectivity index (χ1v) is 9.30. The van der Waals surface area contributed by atoms with Crippen molar-refractivity contribution in [3.05, 3.63) is 35.5 Å². The molecule has 2 aromatic rings. The van der Waals surface area contributed by atoms with Crippen molar-refractivity contribution in [1.82, 2.24) is 14.8 Å². The van der Waals surface area contributed by atoms with Crippen molar-refractivity contribution in [2.45, 2.75) is 44.6 Å². The van der Waals surface area contributed by atoms with Gasteiger partial charge in [0.2, 0.25) is 5.91 Å². The van der Waals surface area contributed by atoms with Gasteiger partial charge >= 0.3 is 0 Å². The van der Waals surface area contributed by atoms with Crippen LogP contribution in [-0.2, 0) is 12.8 Å². The van der Waals surface area contributed by atoms with Crippen LogP contribution in [0.25, 0.3) is 10.9 Å². The smallest absolute Gasteiger partial charge is 0.231 e. The topological polar surface area (TPSA) is 37.3 Å². The number of nitrogens with zero attached hydrogens (tertiary/aromatic N) is 2. The lowest BCUT2D eigenvalue weighted by Crippen LogP contribution is -2.41. The lowest BCUT2D eigenvalue weighted by molar-refractivity contribution is 0.0889. The van der Waals surface area contributed by atoms with Gasteiger partial charge in [-0.25, -0.2) is 0 Å². The van der Waals surface area contributed by atoms with E-state index in [4.69, 9.17) is 0 Å². The average Bonchev–Trinajstić information content (AvgIpc) is 2.92. The van der Waals surface area contributed by atoms with E-state index in [1.165, 1.54) is 42.6 Å². The summed E-state index contributed by atoms with van der Waals surface area (Å²) in [4.78, 5) is 14.8. The van der Waals surface area contributed by atoms with Gasteiger partial charge in [0.15, 0.2) is 0 Å². The Morgan fingerprint density at radius 1 is 1.17 bits per heavy atom. The molecule has 0 atom stereocenters. The van der Waals surface area contributed by atoms with Crippen molar-refractivity contribution in [3.63, 3.8) is 0 Å². The molecule has 2 aliphatic rings. The summed E-state index contributed by atoms with van der Waals surface area (Å²) in [6.07, 6.45) is 6.20. The molecule has 1 aromatic heterocycles. The highest BCUT2D eigenvalue weighted by Gasteiger charge is 2.24. The number of rotatable bonds is 4. The van der Waals surface area contributed by atoms with Gasteiger partial charge in [-0.2, -0.15) is 0 Å². The number of nitrogens with one attached hydrogen (secondary N) is 1. The van der Waals surface area contributed by atoms with Gasteiger partial charge < -0.3 is 10.2 Å². The summed E-state index contributed by atoms with van der Waals surface area (Å²) in [6.45, 7) is 3.39. The Kier molecular flexibility index (Phi) is 4.42. The fourth-order valence-corrected chi connectivity index (χ4v) is 4.32. The molecule has 0 unspecified atom stereocenters. The van der Waals surface area contributed by atoms with E-state index in [1.54, 1.807) is 0 Å². The zero-order chi connectivity index (χ0) is 16.5. The molecule has 4 nitrogen and oxygen atoms in total. The summed E-state index contributed by atoms with van der Waals surface area (Å²) in [7, 11) is 2.20. The number of fused-ring (bicyclic) bond motifs is 3. The fourth-order valence-electron chi connectivity index (χ4n) is 4.32.